The summed E-state index contributed by atoms with van der Waals surface area (Å²) in [6.45, 7) is 2.01. The molecule has 0 aromatic heterocycles. The largest absolute Gasteiger partial charge is 0.383 e. The van der Waals surface area contributed by atoms with Crippen LogP contribution in [0.1, 0.15) is 25.3 Å². The van der Waals surface area contributed by atoms with Crippen LogP contribution < -0.4 is 10.0 Å². The van der Waals surface area contributed by atoms with E-state index in [1.807, 2.05) is 24.3 Å². The molecule has 2 aromatic carbocycles. The van der Waals surface area contributed by atoms with Gasteiger partial charge < -0.3 is 10.1 Å². The molecule has 1 aliphatic rings. The highest BCUT2D eigenvalue weighted by atomic mass is 79.9. The van der Waals surface area contributed by atoms with E-state index in [4.69, 9.17) is 4.74 Å². The van der Waals surface area contributed by atoms with Gasteiger partial charge in [0.2, 0.25) is 15.9 Å². The molecule has 1 unspecified atom stereocenters. The third kappa shape index (κ3) is 4.63. The Morgan fingerprint density at radius 1 is 1.14 bits per heavy atom. The summed E-state index contributed by atoms with van der Waals surface area (Å²) < 4.78 is 33.2. The van der Waals surface area contributed by atoms with Gasteiger partial charge in [0.15, 0.2) is 0 Å². The van der Waals surface area contributed by atoms with Crippen molar-refractivity contribution in [3.63, 3.8) is 0 Å². The van der Waals surface area contributed by atoms with Gasteiger partial charge in [0.1, 0.15) is 0 Å². The van der Waals surface area contributed by atoms with E-state index in [1.54, 1.807) is 19.1 Å². The van der Waals surface area contributed by atoms with Crippen molar-refractivity contribution in [2.75, 3.05) is 19.0 Å². The lowest BCUT2D eigenvalue weighted by Crippen LogP contribution is -2.35. The molecule has 1 saturated carbocycles. The summed E-state index contributed by atoms with van der Waals surface area (Å²) in [5.74, 6) is -0.0720. The summed E-state index contributed by atoms with van der Waals surface area (Å²) in [6, 6.07) is 13.6. The van der Waals surface area contributed by atoms with Gasteiger partial charge in [0.05, 0.1) is 16.9 Å². The van der Waals surface area contributed by atoms with Crippen LogP contribution in [0.2, 0.25) is 0 Å². The molecular weight excluding hydrogens is 444 g/mol. The zero-order valence-electron chi connectivity index (χ0n) is 15.7. The lowest BCUT2D eigenvalue weighted by atomic mass is 9.95. The molecule has 150 valence electrons. The van der Waals surface area contributed by atoms with Gasteiger partial charge in [-0.2, -0.15) is 0 Å². The van der Waals surface area contributed by atoms with Gasteiger partial charge in [-0.15, -0.1) is 0 Å². The fourth-order valence-electron chi connectivity index (χ4n) is 3.13. The Morgan fingerprint density at radius 2 is 1.75 bits per heavy atom. The van der Waals surface area contributed by atoms with E-state index in [0.717, 1.165) is 22.9 Å². The van der Waals surface area contributed by atoms with Crippen molar-refractivity contribution in [3.8, 4) is 0 Å². The summed E-state index contributed by atoms with van der Waals surface area (Å²) in [5.41, 5.74) is 1.06. The summed E-state index contributed by atoms with van der Waals surface area (Å²) in [7, 11) is -2.12. The van der Waals surface area contributed by atoms with Crippen molar-refractivity contribution < 1.29 is 17.9 Å². The Hall–Kier alpha value is -1.74. The Kier molecular flexibility index (Phi) is 6.24. The smallest absolute Gasteiger partial charge is 0.240 e. The van der Waals surface area contributed by atoms with E-state index in [2.05, 4.69) is 26.0 Å². The minimum Gasteiger partial charge on any atom is -0.383 e. The maximum Gasteiger partial charge on any atom is 0.240 e. The molecule has 28 heavy (non-hydrogen) atoms. The minimum absolute atomic E-state index is 0.0720. The van der Waals surface area contributed by atoms with Gasteiger partial charge in [0, 0.05) is 23.3 Å². The number of carbonyl (C=O) groups is 1. The molecule has 0 saturated heterocycles. The zero-order chi connectivity index (χ0) is 20.4. The van der Waals surface area contributed by atoms with Crippen LogP contribution in [-0.2, 0) is 25.0 Å². The molecule has 1 fully saturated rings. The van der Waals surface area contributed by atoms with Gasteiger partial charge >= 0.3 is 0 Å². The Bertz CT molecular complexity index is 939. The van der Waals surface area contributed by atoms with E-state index in [9.17, 15) is 13.2 Å². The second-order valence-corrected chi connectivity index (χ2v) is 9.67. The number of carbonyl (C=O) groups excluding carboxylic acids is 1. The molecule has 1 atom stereocenters. The molecule has 1 amide bonds. The van der Waals surface area contributed by atoms with Gasteiger partial charge in [-0.3, -0.25) is 4.79 Å². The second-order valence-electron chi connectivity index (χ2n) is 7.05. The van der Waals surface area contributed by atoms with Gasteiger partial charge in [-0.05, 0) is 61.7 Å². The van der Waals surface area contributed by atoms with Crippen molar-refractivity contribution >= 4 is 37.5 Å². The Balaban J connectivity index is 1.69. The number of hydrogen-bond acceptors (Lipinski definition) is 4. The molecule has 2 N–H and O–H groups in total. The summed E-state index contributed by atoms with van der Waals surface area (Å²) in [5, 5.41) is 2.91. The number of anilines is 1. The van der Waals surface area contributed by atoms with Crippen LogP contribution in [0.4, 0.5) is 5.69 Å². The highest BCUT2D eigenvalue weighted by Crippen LogP contribution is 2.49. The van der Waals surface area contributed by atoms with E-state index in [1.165, 1.54) is 19.2 Å². The molecule has 0 radical (unpaired) electrons. The molecule has 0 bridgehead atoms. The zero-order valence-corrected chi connectivity index (χ0v) is 18.1. The second kappa shape index (κ2) is 8.32. The predicted octanol–water partition coefficient (Wildman–Crippen LogP) is 3.43. The number of halogens is 1. The third-order valence-corrected chi connectivity index (χ3v) is 6.91. The van der Waals surface area contributed by atoms with Crippen LogP contribution in [0.15, 0.2) is 57.9 Å². The van der Waals surface area contributed by atoms with E-state index in [0.29, 0.717) is 5.69 Å². The lowest BCUT2D eigenvalue weighted by molar-refractivity contribution is -0.118. The Morgan fingerprint density at radius 3 is 2.29 bits per heavy atom. The number of nitrogens with one attached hydrogen (secondary N) is 2. The average Bonchev–Trinajstić information content (AvgIpc) is 3.44. The number of sulfonamides is 1. The number of benzene rings is 2. The number of amides is 1. The fourth-order valence-corrected chi connectivity index (χ4v) is 4.62. The van der Waals surface area contributed by atoms with Crippen LogP contribution >= 0.6 is 15.9 Å². The van der Waals surface area contributed by atoms with Crippen molar-refractivity contribution in [2.24, 2.45) is 0 Å². The van der Waals surface area contributed by atoms with Crippen LogP contribution in [0.5, 0.6) is 0 Å². The predicted molar refractivity (Wildman–Crippen MR) is 112 cm³/mol. The highest BCUT2D eigenvalue weighted by Gasteiger charge is 2.51. The standard InChI is InChI=1S/C20H23BrN2O4S/c1-14(13-27-2)23-28(25,26)18-9-7-17(8-10-18)22-19(24)20(11-12-20)15-3-5-16(21)6-4-15/h3-10,14,23H,11-13H2,1-2H3,(H,22,24). The van der Waals surface area contributed by atoms with Crippen molar-refractivity contribution in [3.05, 3.63) is 58.6 Å². The summed E-state index contributed by atoms with van der Waals surface area (Å²) in [6.07, 6.45) is 1.60. The Labute approximate surface area is 173 Å². The molecule has 3 rings (SSSR count). The fraction of sp³-hybridized carbons (Fsp3) is 0.350. The maximum absolute atomic E-state index is 12.8. The number of hydrogen-bond donors (Lipinski definition) is 2. The average molecular weight is 467 g/mol. The maximum atomic E-state index is 12.8. The van der Waals surface area contributed by atoms with Crippen molar-refractivity contribution in [1.82, 2.24) is 4.72 Å². The normalized spacial score (nSPS) is 16.4. The van der Waals surface area contributed by atoms with Crippen LogP contribution in [0.3, 0.4) is 0 Å². The van der Waals surface area contributed by atoms with Crippen molar-refractivity contribution in [2.45, 2.75) is 36.1 Å². The van der Waals surface area contributed by atoms with E-state index < -0.39 is 15.4 Å². The molecule has 0 spiro atoms. The monoisotopic (exact) mass is 466 g/mol. The number of ether oxygens (including phenoxy) is 1. The third-order valence-electron chi connectivity index (χ3n) is 4.78. The molecule has 1 aliphatic carbocycles. The number of methoxy groups -OCH3 is 1. The molecule has 6 nitrogen and oxygen atoms in total. The minimum atomic E-state index is -3.64. The van der Waals surface area contributed by atoms with E-state index >= 15 is 0 Å². The SMILES string of the molecule is COCC(C)NS(=O)(=O)c1ccc(NC(=O)C2(c3ccc(Br)cc3)CC2)cc1. The van der Waals surface area contributed by atoms with Gasteiger partial charge in [-0.1, -0.05) is 28.1 Å². The molecule has 0 aliphatic heterocycles. The molecule has 2 aromatic rings. The molecule has 8 heteroatoms. The van der Waals surface area contributed by atoms with E-state index in [-0.39, 0.29) is 23.5 Å². The van der Waals surface area contributed by atoms with Crippen LogP contribution in [0, 0.1) is 0 Å². The number of rotatable bonds is 8. The van der Waals surface area contributed by atoms with Crippen molar-refractivity contribution in [1.29, 1.82) is 0 Å². The lowest BCUT2D eigenvalue weighted by Gasteiger charge is -2.16. The van der Waals surface area contributed by atoms with Crippen LogP contribution in [-0.4, -0.2) is 34.1 Å². The first-order chi connectivity index (χ1) is 13.3. The first-order valence-electron chi connectivity index (χ1n) is 8.96. The summed E-state index contributed by atoms with van der Waals surface area (Å²) >= 11 is 3.41. The topological polar surface area (TPSA) is 84.5 Å². The van der Waals surface area contributed by atoms with Crippen LogP contribution in [0.25, 0.3) is 0 Å². The highest BCUT2D eigenvalue weighted by molar-refractivity contribution is 9.10. The quantitative estimate of drug-likeness (QED) is 0.623. The molecular formula is C20H23BrN2O4S. The first kappa shape index (κ1) is 21.0. The van der Waals surface area contributed by atoms with Gasteiger partial charge in [-0.25, -0.2) is 13.1 Å². The van der Waals surface area contributed by atoms with Gasteiger partial charge in [0.25, 0.3) is 0 Å². The molecule has 0 heterocycles. The first-order valence-corrected chi connectivity index (χ1v) is 11.2. The summed E-state index contributed by atoms with van der Waals surface area (Å²) in [4.78, 5) is 13.0.